The standard InChI is InChI=1S/C23H29N3O3/c1-14(2)21-23(29)25-19(13-27)11-16-8-9-18(12-20(16)26(21)4)24-22(28)17-7-5-6-15(3)10-17/h5-10,12,14,19,21,27H,11,13H2,1-4H3,(H,24,28)(H,25,29)/t19-,21?/m0/s1. The predicted octanol–water partition coefficient (Wildman–Crippen LogP) is 2.74. The second kappa shape index (κ2) is 8.66. The molecule has 3 rings (SSSR count). The summed E-state index contributed by atoms with van der Waals surface area (Å²) in [5, 5.41) is 15.6. The van der Waals surface area contributed by atoms with Crippen LogP contribution in [-0.4, -0.2) is 42.7 Å². The van der Waals surface area contributed by atoms with E-state index in [1.165, 1.54) is 0 Å². The first kappa shape index (κ1) is 20.9. The molecular weight excluding hydrogens is 366 g/mol. The second-order valence-corrected chi connectivity index (χ2v) is 8.06. The Balaban J connectivity index is 1.94. The van der Waals surface area contributed by atoms with Crippen molar-refractivity contribution >= 4 is 23.2 Å². The van der Waals surface area contributed by atoms with E-state index in [2.05, 4.69) is 10.6 Å². The average molecular weight is 396 g/mol. The van der Waals surface area contributed by atoms with Crippen LogP contribution in [0.15, 0.2) is 42.5 Å². The molecule has 0 bridgehead atoms. The molecule has 0 spiro atoms. The van der Waals surface area contributed by atoms with E-state index >= 15 is 0 Å². The van der Waals surface area contributed by atoms with Gasteiger partial charge in [-0.25, -0.2) is 0 Å². The van der Waals surface area contributed by atoms with Crippen molar-refractivity contribution in [3.63, 3.8) is 0 Å². The van der Waals surface area contributed by atoms with Gasteiger partial charge in [0.15, 0.2) is 0 Å². The fourth-order valence-corrected chi connectivity index (χ4v) is 3.92. The van der Waals surface area contributed by atoms with Gasteiger partial charge in [-0.05, 0) is 49.1 Å². The van der Waals surface area contributed by atoms with Gasteiger partial charge in [0.2, 0.25) is 5.91 Å². The summed E-state index contributed by atoms with van der Waals surface area (Å²) in [7, 11) is 1.90. The van der Waals surface area contributed by atoms with Gasteiger partial charge in [-0.1, -0.05) is 37.6 Å². The lowest BCUT2D eigenvalue weighted by atomic mass is 9.95. The lowest BCUT2D eigenvalue weighted by Gasteiger charge is -2.37. The number of carbonyl (C=O) groups excluding carboxylic acids is 2. The van der Waals surface area contributed by atoms with Crippen LogP contribution in [0.3, 0.4) is 0 Å². The van der Waals surface area contributed by atoms with Gasteiger partial charge in [-0.2, -0.15) is 0 Å². The molecule has 6 nitrogen and oxygen atoms in total. The van der Waals surface area contributed by atoms with Crippen molar-refractivity contribution in [2.45, 2.75) is 39.3 Å². The van der Waals surface area contributed by atoms with E-state index in [9.17, 15) is 14.7 Å². The summed E-state index contributed by atoms with van der Waals surface area (Å²) in [5.41, 5.74) is 4.21. The van der Waals surface area contributed by atoms with Crippen molar-refractivity contribution in [3.8, 4) is 0 Å². The highest BCUT2D eigenvalue weighted by atomic mass is 16.3. The monoisotopic (exact) mass is 395 g/mol. The van der Waals surface area contributed by atoms with E-state index in [1.54, 1.807) is 6.07 Å². The molecule has 0 aromatic heterocycles. The van der Waals surface area contributed by atoms with E-state index in [0.717, 1.165) is 16.8 Å². The lowest BCUT2D eigenvalue weighted by molar-refractivity contribution is -0.124. The molecule has 3 N–H and O–H groups in total. The topological polar surface area (TPSA) is 81.7 Å². The van der Waals surface area contributed by atoms with Crippen molar-refractivity contribution in [1.29, 1.82) is 0 Å². The highest BCUT2D eigenvalue weighted by Crippen LogP contribution is 2.30. The zero-order valence-corrected chi connectivity index (χ0v) is 17.4. The number of amides is 2. The van der Waals surface area contributed by atoms with Gasteiger partial charge in [0.25, 0.3) is 5.91 Å². The van der Waals surface area contributed by atoms with Gasteiger partial charge in [0.1, 0.15) is 6.04 Å². The molecule has 0 radical (unpaired) electrons. The summed E-state index contributed by atoms with van der Waals surface area (Å²) in [6.07, 6.45) is 0.527. The number of aryl methyl sites for hydroxylation is 1. The Morgan fingerprint density at radius 3 is 2.69 bits per heavy atom. The molecule has 2 atom stereocenters. The molecule has 0 fully saturated rings. The smallest absolute Gasteiger partial charge is 0.255 e. The summed E-state index contributed by atoms with van der Waals surface area (Å²) in [4.78, 5) is 27.3. The number of likely N-dealkylation sites (N-methyl/N-ethyl adjacent to an activating group) is 1. The summed E-state index contributed by atoms with van der Waals surface area (Å²) in [6.45, 7) is 5.83. The Labute approximate surface area is 171 Å². The fourth-order valence-electron chi connectivity index (χ4n) is 3.92. The Hall–Kier alpha value is -2.86. The Bertz CT molecular complexity index is 910. The number of fused-ring (bicyclic) bond motifs is 1. The normalized spacial score (nSPS) is 19.2. The number of aliphatic hydroxyl groups excluding tert-OH is 1. The predicted molar refractivity (Wildman–Crippen MR) is 115 cm³/mol. The number of hydrogen-bond donors (Lipinski definition) is 3. The van der Waals surface area contributed by atoms with Crippen LogP contribution in [-0.2, 0) is 11.2 Å². The van der Waals surface area contributed by atoms with Crippen molar-refractivity contribution in [3.05, 3.63) is 59.2 Å². The number of rotatable bonds is 4. The first-order valence-electron chi connectivity index (χ1n) is 9.95. The van der Waals surface area contributed by atoms with Crippen LogP contribution < -0.4 is 15.5 Å². The van der Waals surface area contributed by atoms with Crippen LogP contribution in [0.1, 0.15) is 35.3 Å². The third-order valence-electron chi connectivity index (χ3n) is 5.35. The maximum absolute atomic E-state index is 12.7. The van der Waals surface area contributed by atoms with Crippen molar-refractivity contribution in [2.24, 2.45) is 5.92 Å². The number of aliphatic hydroxyl groups is 1. The van der Waals surface area contributed by atoms with Crippen LogP contribution >= 0.6 is 0 Å². The molecule has 2 aromatic carbocycles. The SMILES string of the molecule is Cc1cccc(C(=O)Nc2ccc3c(c2)N(C)C(C(C)C)C(=O)N[C@H](CO)C3)c1. The number of benzene rings is 2. The molecule has 1 unspecified atom stereocenters. The minimum absolute atomic E-state index is 0.0795. The Morgan fingerprint density at radius 1 is 1.28 bits per heavy atom. The summed E-state index contributed by atoms with van der Waals surface area (Å²) in [6, 6.07) is 12.5. The quantitative estimate of drug-likeness (QED) is 0.744. The highest BCUT2D eigenvalue weighted by Gasteiger charge is 2.32. The molecule has 2 aromatic rings. The van der Waals surface area contributed by atoms with Gasteiger partial charge in [0, 0.05) is 24.0 Å². The molecule has 1 aliphatic heterocycles. The summed E-state index contributed by atoms with van der Waals surface area (Å²) < 4.78 is 0. The largest absolute Gasteiger partial charge is 0.394 e. The summed E-state index contributed by atoms with van der Waals surface area (Å²) >= 11 is 0. The highest BCUT2D eigenvalue weighted by molar-refractivity contribution is 6.04. The van der Waals surface area contributed by atoms with Gasteiger partial charge >= 0.3 is 0 Å². The first-order chi connectivity index (χ1) is 13.8. The van der Waals surface area contributed by atoms with E-state index in [0.29, 0.717) is 17.7 Å². The molecule has 154 valence electrons. The minimum Gasteiger partial charge on any atom is -0.394 e. The third kappa shape index (κ3) is 4.59. The molecule has 29 heavy (non-hydrogen) atoms. The summed E-state index contributed by atoms with van der Waals surface area (Å²) in [5.74, 6) is -0.189. The first-order valence-corrected chi connectivity index (χ1v) is 9.95. The fraction of sp³-hybridized carbons (Fsp3) is 0.391. The van der Waals surface area contributed by atoms with Crippen molar-refractivity contribution in [2.75, 3.05) is 23.9 Å². The Kier molecular flexibility index (Phi) is 6.23. The van der Waals surface area contributed by atoms with Crippen molar-refractivity contribution < 1.29 is 14.7 Å². The molecule has 6 heteroatoms. The van der Waals surface area contributed by atoms with Crippen LogP contribution in [0.25, 0.3) is 0 Å². The molecule has 2 amide bonds. The molecular formula is C23H29N3O3. The maximum atomic E-state index is 12.7. The number of nitrogens with one attached hydrogen (secondary N) is 2. The Morgan fingerprint density at radius 2 is 2.03 bits per heavy atom. The molecule has 0 aliphatic carbocycles. The van der Waals surface area contributed by atoms with E-state index in [1.807, 2.05) is 69.1 Å². The third-order valence-corrected chi connectivity index (χ3v) is 5.35. The number of anilines is 2. The van der Waals surface area contributed by atoms with Crippen LogP contribution in [0.4, 0.5) is 11.4 Å². The van der Waals surface area contributed by atoms with Gasteiger partial charge < -0.3 is 20.6 Å². The number of hydrogen-bond acceptors (Lipinski definition) is 4. The molecule has 0 saturated heterocycles. The van der Waals surface area contributed by atoms with Gasteiger partial charge in [-0.3, -0.25) is 9.59 Å². The average Bonchev–Trinajstić information content (AvgIpc) is 2.67. The molecule has 1 heterocycles. The molecule has 0 saturated carbocycles. The van der Waals surface area contributed by atoms with E-state index < -0.39 is 0 Å². The second-order valence-electron chi connectivity index (χ2n) is 8.06. The van der Waals surface area contributed by atoms with Crippen molar-refractivity contribution in [1.82, 2.24) is 5.32 Å². The van der Waals surface area contributed by atoms with E-state index in [-0.39, 0.29) is 36.4 Å². The zero-order valence-electron chi connectivity index (χ0n) is 17.4. The van der Waals surface area contributed by atoms with Crippen LogP contribution in [0.2, 0.25) is 0 Å². The van der Waals surface area contributed by atoms with Gasteiger partial charge in [-0.15, -0.1) is 0 Å². The zero-order chi connectivity index (χ0) is 21.1. The molecule has 1 aliphatic rings. The van der Waals surface area contributed by atoms with E-state index in [4.69, 9.17) is 0 Å². The van der Waals surface area contributed by atoms with Crippen LogP contribution in [0, 0.1) is 12.8 Å². The maximum Gasteiger partial charge on any atom is 0.255 e. The van der Waals surface area contributed by atoms with Crippen LogP contribution in [0.5, 0.6) is 0 Å². The number of nitrogens with zero attached hydrogens (tertiary/aromatic N) is 1. The number of carbonyl (C=O) groups is 2. The van der Waals surface area contributed by atoms with Gasteiger partial charge in [0.05, 0.1) is 12.6 Å². The minimum atomic E-state index is -0.370. The lowest BCUT2D eigenvalue weighted by Crippen LogP contribution is -2.54.